The predicted molar refractivity (Wildman–Crippen MR) is 38.8 cm³/mol. The van der Waals surface area contributed by atoms with Crippen molar-refractivity contribution in [3.63, 3.8) is 0 Å². The zero-order chi connectivity index (χ0) is 7.84. The van der Waals surface area contributed by atoms with E-state index in [0.29, 0.717) is 17.6 Å². The molecule has 0 aromatic carbocycles. The molecule has 0 bridgehead atoms. The molecule has 1 aliphatic heterocycles. The van der Waals surface area contributed by atoms with Crippen molar-refractivity contribution < 1.29 is 61.0 Å². The molecule has 0 radical (unpaired) electrons. The number of imide groups is 1. The van der Waals surface area contributed by atoms with Gasteiger partial charge < -0.3 is 14.9 Å². The molecule has 4 heteroatoms. The number of amides is 2. The second kappa shape index (κ2) is 3.98. The molecule has 1 aliphatic carbocycles. The summed E-state index contributed by atoms with van der Waals surface area (Å²) < 4.78 is 0. The maximum atomic E-state index is 10.9. The summed E-state index contributed by atoms with van der Waals surface area (Å²) in [6, 6.07) is 0. The zero-order valence-electron chi connectivity index (χ0n) is 6.83. The smallest absolute Gasteiger partial charge is 0.588 e. The van der Waals surface area contributed by atoms with E-state index in [1.165, 1.54) is 0 Å². The summed E-state index contributed by atoms with van der Waals surface area (Å²) in [7, 11) is 0. The van der Waals surface area contributed by atoms with Crippen LogP contribution in [0.4, 0.5) is 0 Å². The number of hydrogen-bond acceptors (Lipinski definition) is 2. The van der Waals surface area contributed by atoms with Crippen molar-refractivity contribution in [1.82, 2.24) is 0 Å². The van der Waals surface area contributed by atoms with Gasteiger partial charge in [-0.1, -0.05) is 12.2 Å². The van der Waals surface area contributed by atoms with Crippen LogP contribution in [0, 0.1) is 0 Å². The third kappa shape index (κ3) is 1.62. The molecule has 0 unspecified atom stereocenters. The fraction of sp³-hybridized carbons (Fsp3) is 0.250. The van der Waals surface area contributed by atoms with Crippen LogP contribution in [0.25, 0.3) is 5.32 Å². The topological polar surface area (TPSA) is 48.2 Å². The van der Waals surface area contributed by atoms with E-state index in [-0.39, 0.29) is 63.2 Å². The number of allylic oxidation sites excluding steroid dienone is 1. The van der Waals surface area contributed by atoms with Gasteiger partial charge in [-0.15, -0.1) is 0 Å². The molecular formula is C8H6KNO2. The van der Waals surface area contributed by atoms with Gasteiger partial charge >= 0.3 is 51.4 Å². The molecule has 0 atom stereocenters. The first kappa shape index (κ1) is 10.3. The van der Waals surface area contributed by atoms with E-state index in [1.807, 2.05) is 6.08 Å². The van der Waals surface area contributed by atoms with Crippen LogP contribution < -0.4 is 51.4 Å². The van der Waals surface area contributed by atoms with Gasteiger partial charge in [0.2, 0.25) is 0 Å². The van der Waals surface area contributed by atoms with Crippen molar-refractivity contribution >= 4 is 11.8 Å². The average Bonchev–Trinajstić information content (AvgIpc) is 2.30. The summed E-state index contributed by atoms with van der Waals surface area (Å²) in [6.07, 6.45) is 5.09. The third-order valence-corrected chi connectivity index (χ3v) is 1.86. The van der Waals surface area contributed by atoms with Crippen molar-refractivity contribution in [3.8, 4) is 0 Å². The molecule has 0 aromatic rings. The van der Waals surface area contributed by atoms with Gasteiger partial charge in [0.15, 0.2) is 0 Å². The minimum Gasteiger partial charge on any atom is -0.588 e. The molecule has 56 valence electrons. The van der Waals surface area contributed by atoms with Gasteiger partial charge in [0, 0.05) is 5.57 Å². The number of nitrogens with zero attached hydrogens (tertiary/aromatic N) is 1. The van der Waals surface area contributed by atoms with Crippen LogP contribution in [-0.4, -0.2) is 11.8 Å². The molecule has 2 aliphatic rings. The normalized spacial score (nSPS) is 20.3. The summed E-state index contributed by atoms with van der Waals surface area (Å²) in [4.78, 5) is 21.9. The van der Waals surface area contributed by atoms with Gasteiger partial charge in [0.1, 0.15) is 0 Å². The zero-order valence-corrected chi connectivity index (χ0v) is 9.96. The quantitative estimate of drug-likeness (QED) is 0.328. The summed E-state index contributed by atoms with van der Waals surface area (Å²) in [6.45, 7) is 0. The third-order valence-electron chi connectivity index (χ3n) is 1.86. The molecule has 0 saturated heterocycles. The Morgan fingerprint density at radius 1 is 1.25 bits per heavy atom. The van der Waals surface area contributed by atoms with Crippen LogP contribution in [0.5, 0.6) is 0 Å². The van der Waals surface area contributed by atoms with Crippen LogP contribution in [0.3, 0.4) is 0 Å². The average molecular weight is 187 g/mol. The Kier molecular flexibility index (Phi) is 3.43. The van der Waals surface area contributed by atoms with Crippen molar-refractivity contribution in [1.29, 1.82) is 0 Å². The fourth-order valence-electron chi connectivity index (χ4n) is 1.31. The number of rotatable bonds is 0. The summed E-state index contributed by atoms with van der Waals surface area (Å²) in [5, 5.41) is 3.33. The van der Waals surface area contributed by atoms with Gasteiger partial charge in [0.05, 0.1) is 11.8 Å². The van der Waals surface area contributed by atoms with Crippen molar-refractivity contribution in [2.75, 3.05) is 0 Å². The molecule has 0 spiro atoms. The standard InChI is InChI=1S/C8H7NO2.K/c10-7-5-3-1-2-4-6(5)8(11)9-7;/h1,3H,2,4H2,(H,9,10,11);/q;+1/p-1. The molecule has 12 heavy (non-hydrogen) atoms. The first-order valence-electron chi connectivity index (χ1n) is 3.49. The van der Waals surface area contributed by atoms with E-state index in [1.54, 1.807) is 6.08 Å². The molecular weight excluding hydrogens is 181 g/mol. The van der Waals surface area contributed by atoms with E-state index in [0.717, 1.165) is 6.42 Å². The number of carbonyl (C=O) groups excluding carboxylic acids is 2. The Bertz CT molecular complexity index is 304. The molecule has 0 saturated carbocycles. The minimum absolute atomic E-state index is 0. The Labute approximate surface area is 113 Å². The van der Waals surface area contributed by atoms with Crippen molar-refractivity contribution in [2.24, 2.45) is 0 Å². The van der Waals surface area contributed by atoms with E-state index >= 15 is 0 Å². The van der Waals surface area contributed by atoms with Crippen LogP contribution >= 0.6 is 0 Å². The maximum absolute atomic E-state index is 10.9. The summed E-state index contributed by atoms with van der Waals surface area (Å²) in [5.41, 5.74) is 1.10. The molecule has 2 rings (SSSR count). The monoisotopic (exact) mass is 187 g/mol. The Hall–Kier alpha value is 0.256. The van der Waals surface area contributed by atoms with E-state index in [9.17, 15) is 9.59 Å². The molecule has 0 aromatic heterocycles. The number of carbonyl (C=O) groups is 2. The molecule has 3 nitrogen and oxygen atoms in total. The first-order valence-corrected chi connectivity index (χ1v) is 3.49. The second-order valence-corrected chi connectivity index (χ2v) is 2.56. The van der Waals surface area contributed by atoms with E-state index < -0.39 is 0 Å². The summed E-state index contributed by atoms with van der Waals surface area (Å²) in [5.74, 6) is -0.713. The van der Waals surface area contributed by atoms with Crippen LogP contribution in [0.2, 0.25) is 0 Å². The van der Waals surface area contributed by atoms with Crippen molar-refractivity contribution in [2.45, 2.75) is 12.8 Å². The fourth-order valence-corrected chi connectivity index (χ4v) is 1.31. The minimum atomic E-state index is -0.374. The molecule has 1 heterocycles. The van der Waals surface area contributed by atoms with Crippen LogP contribution in [0.1, 0.15) is 12.8 Å². The largest absolute Gasteiger partial charge is 1.00 e. The SMILES string of the molecule is O=C1[N-]C(=O)C2=C1C=CCC2.[K+]. The predicted octanol–water partition coefficient (Wildman–Crippen LogP) is -1.92. The van der Waals surface area contributed by atoms with Crippen LogP contribution in [-0.2, 0) is 9.59 Å². The Balaban J connectivity index is 0.000000720. The van der Waals surface area contributed by atoms with E-state index in [4.69, 9.17) is 0 Å². The van der Waals surface area contributed by atoms with Gasteiger partial charge in [-0.05, 0) is 18.4 Å². The van der Waals surface area contributed by atoms with Gasteiger partial charge in [-0.3, -0.25) is 0 Å². The molecule has 0 N–H and O–H groups in total. The molecule has 2 amide bonds. The Morgan fingerprint density at radius 2 is 2.00 bits per heavy atom. The van der Waals surface area contributed by atoms with Gasteiger partial charge in [0.25, 0.3) is 0 Å². The second-order valence-electron chi connectivity index (χ2n) is 2.56. The van der Waals surface area contributed by atoms with E-state index in [2.05, 4.69) is 5.32 Å². The van der Waals surface area contributed by atoms with Crippen molar-refractivity contribution in [3.05, 3.63) is 28.6 Å². The van der Waals surface area contributed by atoms with Gasteiger partial charge in [-0.25, -0.2) is 0 Å². The van der Waals surface area contributed by atoms with Crippen LogP contribution in [0.15, 0.2) is 23.3 Å². The summed E-state index contributed by atoms with van der Waals surface area (Å²) >= 11 is 0. The van der Waals surface area contributed by atoms with Gasteiger partial charge in [-0.2, -0.15) is 0 Å². The molecule has 0 fully saturated rings. The Morgan fingerprint density at radius 3 is 2.67 bits per heavy atom. The number of hydrogen-bond donors (Lipinski definition) is 0. The maximum Gasteiger partial charge on any atom is 1.00 e. The first-order chi connectivity index (χ1) is 5.29.